The molecule has 0 aliphatic rings. The molecule has 0 bridgehead atoms. The van der Waals surface area contributed by atoms with Gasteiger partial charge in [0.15, 0.2) is 0 Å². The minimum Gasteiger partial charge on any atom is -0.469 e. The number of hydrogen-bond donors (Lipinski definition) is 2. The lowest BCUT2D eigenvalue weighted by molar-refractivity contribution is -0.139. The summed E-state index contributed by atoms with van der Waals surface area (Å²) >= 11 is 1.29. The Morgan fingerprint density at radius 1 is 1.00 bits per heavy atom. The zero-order chi connectivity index (χ0) is 25.9. The number of rotatable bonds is 10. The fraction of sp³-hybridized carbons (Fsp3) is 0.143. The van der Waals surface area contributed by atoms with E-state index in [1.54, 1.807) is 30.5 Å². The van der Waals surface area contributed by atoms with Gasteiger partial charge >= 0.3 is 5.97 Å². The summed E-state index contributed by atoms with van der Waals surface area (Å²) in [5.41, 5.74) is 5.05. The van der Waals surface area contributed by atoms with Crippen LogP contribution in [0.2, 0.25) is 0 Å². The lowest BCUT2D eigenvalue weighted by atomic mass is 10.0. The molecule has 0 unspecified atom stereocenters. The maximum absolute atomic E-state index is 12.2. The largest absolute Gasteiger partial charge is 0.469 e. The topological polar surface area (TPSA) is 97.4 Å². The number of amides is 2. The first kappa shape index (κ1) is 26.4. The number of carbonyl (C=O) groups excluding carboxylic acids is 3. The number of nitrogens with one attached hydrogen (secondary N) is 2. The van der Waals surface area contributed by atoms with Crippen molar-refractivity contribution in [2.24, 2.45) is 0 Å². The van der Waals surface area contributed by atoms with Gasteiger partial charge in [0.1, 0.15) is 0 Å². The van der Waals surface area contributed by atoms with Gasteiger partial charge in [-0.3, -0.25) is 19.4 Å². The molecule has 36 heavy (non-hydrogen) atoms. The van der Waals surface area contributed by atoms with Crippen LogP contribution >= 0.6 is 11.8 Å². The van der Waals surface area contributed by atoms with E-state index in [0.29, 0.717) is 16.3 Å². The Bertz CT molecular complexity index is 1290. The Labute approximate surface area is 214 Å². The van der Waals surface area contributed by atoms with E-state index in [1.165, 1.54) is 18.9 Å². The molecule has 0 aliphatic carbocycles. The molecule has 2 amide bonds. The second kappa shape index (κ2) is 13.1. The summed E-state index contributed by atoms with van der Waals surface area (Å²) in [5, 5.41) is 7.62. The van der Waals surface area contributed by atoms with Crippen LogP contribution in [0.25, 0.3) is 16.7 Å². The molecule has 1 aromatic heterocycles. The van der Waals surface area contributed by atoms with Gasteiger partial charge in [0, 0.05) is 11.8 Å². The van der Waals surface area contributed by atoms with Crippen molar-refractivity contribution in [1.29, 1.82) is 0 Å². The third kappa shape index (κ3) is 7.95. The number of esters is 1. The number of carbonyl (C=O) groups is 3. The van der Waals surface area contributed by atoms with Gasteiger partial charge in [0.05, 0.1) is 30.8 Å². The number of ether oxygens (including phenoxy) is 1. The van der Waals surface area contributed by atoms with Crippen LogP contribution in [-0.2, 0) is 20.7 Å². The fourth-order valence-electron chi connectivity index (χ4n) is 3.23. The second-order valence-corrected chi connectivity index (χ2v) is 8.77. The van der Waals surface area contributed by atoms with Crippen molar-refractivity contribution in [2.75, 3.05) is 13.7 Å². The van der Waals surface area contributed by atoms with E-state index in [9.17, 15) is 14.4 Å². The molecule has 0 radical (unpaired) electrons. The third-order valence-electron chi connectivity index (χ3n) is 5.12. The second-order valence-electron chi connectivity index (χ2n) is 7.81. The molecule has 0 spiro atoms. The van der Waals surface area contributed by atoms with Crippen molar-refractivity contribution < 1.29 is 19.1 Å². The van der Waals surface area contributed by atoms with E-state index >= 15 is 0 Å². The Morgan fingerprint density at radius 3 is 2.47 bits per heavy atom. The zero-order valence-corrected chi connectivity index (χ0v) is 20.9. The van der Waals surface area contributed by atoms with Gasteiger partial charge in [-0.25, -0.2) is 0 Å². The van der Waals surface area contributed by atoms with Crippen LogP contribution in [0.1, 0.15) is 28.5 Å². The summed E-state index contributed by atoms with van der Waals surface area (Å²) in [6, 6.07) is 20.5. The predicted octanol–water partition coefficient (Wildman–Crippen LogP) is 4.58. The number of pyridine rings is 1. The maximum Gasteiger partial charge on any atom is 0.311 e. The van der Waals surface area contributed by atoms with Crippen molar-refractivity contribution in [1.82, 2.24) is 15.6 Å². The van der Waals surface area contributed by atoms with Crippen LogP contribution in [0.15, 0.2) is 89.9 Å². The van der Waals surface area contributed by atoms with Crippen molar-refractivity contribution in [3.05, 3.63) is 107 Å². The van der Waals surface area contributed by atoms with Crippen LogP contribution in [0, 0.1) is 0 Å². The Kier molecular flexibility index (Phi) is 9.59. The highest BCUT2D eigenvalue weighted by Gasteiger charge is 2.09. The molecule has 2 aromatic carbocycles. The van der Waals surface area contributed by atoms with E-state index in [2.05, 4.69) is 22.2 Å². The number of hydrogen-bond acceptors (Lipinski definition) is 6. The lowest BCUT2D eigenvalue weighted by Gasteiger charge is -2.09. The summed E-state index contributed by atoms with van der Waals surface area (Å²) in [4.78, 5) is 40.0. The van der Waals surface area contributed by atoms with Crippen LogP contribution < -0.4 is 10.6 Å². The standard InChI is InChI=1S/C28H27N3O4S/c1-19(18-36-20(2)31-26(32)17-30-28(34)21-8-5-4-6-9-21)22-10-7-11-23(14-22)24-12-13-29-25(15-24)16-27(33)35-3/h4-15,18H,2,16-17H2,1,3H3,(H,30,34)(H,31,32)/b19-18+. The summed E-state index contributed by atoms with van der Waals surface area (Å²) in [6.07, 6.45) is 1.79. The van der Waals surface area contributed by atoms with Gasteiger partial charge in [-0.1, -0.05) is 54.7 Å². The van der Waals surface area contributed by atoms with Crippen molar-refractivity contribution in [3.63, 3.8) is 0 Å². The summed E-state index contributed by atoms with van der Waals surface area (Å²) < 4.78 is 4.72. The van der Waals surface area contributed by atoms with Crippen molar-refractivity contribution in [3.8, 4) is 11.1 Å². The minimum atomic E-state index is -0.356. The molecule has 0 atom stereocenters. The monoisotopic (exact) mass is 501 g/mol. The SMILES string of the molecule is C=C(NC(=O)CNC(=O)c1ccccc1)S/C=C(\C)c1cccc(-c2ccnc(CC(=O)OC)c2)c1. The number of allylic oxidation sites excluding steroid dienone is 1. The normalized spacial score (nSPS) is 10.9. The van der Waals surface area contributed by atoms with E-state index in [4.69, 9.17) is 4.74 Å². The predicted molar refractivity (Wildman–Crippen MR) is 143 cm³/mol. The van der Waals surface area contributed by atoms with Gasteiger partial charge < -0.3 is 15.4 Å². The first-order valence-electron chi connectivity index (χ1n) is 11.1. The Hall–Kier alpha value is -4.17. The molecule has 8 heteroatoms. The molecule has 2 N–H and O–H groups in total. The highest BCUT2D eigenvalue weighted by molar-refractivity contribution is 8.05. The highest BCUT2D eigenvalue weighted by atomic mass is 32.2. The highest BCUT2D eigenvalue weighted by Crippen LogP contribution is 2.26. The lowest BCUT2D eigenvalue weighted by Crippen LogP contribution is -2.35. The Balaban J connectivity index is 1.56. The Morgan fingerprint density at radius 2 is 1.72 bits per heavy atom. The number of benzene rings is 2. The van der Waals surface area contributed by atoms with Gasteiger partial charge in [-0.2, -0.15) is 0 Å². The fourth-order valence-corrected chi connectivity index (χ4v) is 3.86. The average molecular weight is 502 g/mol. The maximum atomic E-state index is 12.2. The van der Waals surface area contributed by atoms with Gasteiger partial charge in [0.25, 0.3) is 5.91 Å². The minimum absolute atomic E-state index is 0.114. The number of nitrogens with zero attached hydrogens (tertiary/aromatic N) is 1. The smallest absolute Gasteiger partial charge is 0.311 e. The molecule has 184 valence electrons. The first-order valence-corrected chi connectivity index (χ1v) is 12.0. The molecule has 3 aromatic rings. The number of aromatic nitrogens is 1. The average Bonchev–Trinajstić information content (AvgIpc) is 2.91. The van der Waals surface area contributed by atoms with E-state index < -0.39 is 0 Å². The van der Waals surface area contributed by atoms with Crippen LogP contribution in [0.3, 0.4) is 0 Å². The summed E-state index contributed by atoms with van der Waals surface area (Å²) in [5.74, 6) is -1.01. The molecule has 0 saturated heterocycles. The zero-order valence-electron chi connectivity index (χ0n) is 20.1. The molecule has 7 nitrogen and oxygen atoms in total. The van der Waals surface area contributed by atoms with E-state index in [1.807, 2.05) is 54.8 Å². The van der Waals surface area contributed by atoms with Crippen molar-refractivity contribution >= 4 is 35.1 Å². The number of methoxy groups -OCH3 is 1. The third-order valence-corrected chi connectivity index (χ3v) is 5.98. The van der Waals surface area contributed by atoms with Gasteiger partial charge in [-0.05, 0) is 64.9 Å². The molecule has 0 saturated carbocycles. The molecular formula is C28H27N3O4S. The van der Waals surface area contributed by atoms with Crippen LogP contribution in [0.4, 0.5) is 0 Å². The van der Waals surface area contributed by atoms with Gasteiger partial charge in [0.2, 0.25) is 5.91 Å². The molecular weight excluding hydrogens is 474 g/mol. The molecule has 3 rings (SSSR count). The van der Waals surface area contributed by atoms with Crippen LogP contribution in [0.5, 0.6) is 0 Å². The molecule has 0 aliphatic heterocycles. The van der Waals surface area contributed by atoms with E-state index in [0.717, 1.165) is 22.3 Å². The van der Waals surface area contributed by atoms with Crippen LogP contribution in [-0.4, -0.2) is 36.4 Å². The summed E-state index contributed by atoms with van der Waals surface area (Å²) in [7, 11) is 1.35. The molecule has 1 heterocycles. The summed E-state index contributed by atoms with van der Waals surface area (Å²) in [6.45, 7) is 5.70. The van der Waals surface area contributed by atoms with E-state index in [-0.39, 0.29) is 30.7 Å². The number of thioether (sulfide) groups is 1. The quantitative estimate of drug-likeness (QED) is 0.395. The van der Waals surface area contributed by atoms with Crippen molar-refractivity contribution in [2.45, 2.75) is 13.3 Å². The first-order chi connectivity index (χ1) is 17.4. The molecule has 0 fully saturated rings. The van der Waals surface area contributed by atoms with Gasteiger partial charge in [-0.15, -0.1) is 0 Å².